The maximum absolute atomic E-state index is 5.80. The summed E-state index contributed by atoms with van der Waals surface area (Å²) in [6, 6.07) is 0. The molecule has 4 atom stereocenters. The topological polar surface area (TPSA) is 55.4 Å². The predicted molar refractivity (Wildman–Crippen MR) is 61.3 cm³/mol. The molecule has 5 fully saturated rings. The second kappa shape index (κ2) is 4.04. The summed E-state index contributed by atoms with van der Waals surface area (Å²) in [5.74, 6) is 0. The molecule has 10 heteroatoms. The fourth-order valence-corrected chi connectivity index (χ4v) is 4.09. The highest BCUT2D eigenvalue weighted by atomic mass is 35.6. The van der Waals surface area contributed by atoms with Gasteiger partial charge in [0.1, 0.15) is 17.8 Å². The van der Waals surface area contributed by atoms with E-state index in [0.717, 1.165) is 0 Å². The summed E-state index contributed by atoms with van der Waals surface area (Å²) >= 11 is 17.2. The molecule has 102 valence electrons. The molecule has 5 aliphatic heterocycles. The van der Waals surface area contributed by atoms with Gasteiger partial charge in [-0.1, -0.05) is 34.8 Å². The fraction of sp³-hybridized carbons (Fsp3) is 1.00. The highest BCUT2D eigenvalue weighted by Crippen LogP contribution is 2.59. The third-order valence-corrected chi connectivity index (χ3v) is 4.88. The minimum atomic E-state index is -1.66. The van der Waals surface area contributed by atoms with E-state index in [2.05, 4.69) is 0 Å². The molecule has 6 nitrogen and oxygen atoms in total. The van der Waals surface area contributed by atoms with Crippen molar-refractivity contribution in [1.82, 2.24) is 0 Å². The van der Waals surface area contributed by atoms with E-state index in [9.17, 15) is 0 Å². The molecule has 5 rings (SSSR count). The Bertz CT molecular complexity index is 370. The van der Waals surface area contributed by atoms with Crippen molar-refractivity contribution >= 4 is 43.4 Å². The first-order valence-corrected chi connectivity index (χ1v) is 7.49. The molecule has 5 aliphatic rings. The molecule has 18 heavy (non-hydrogen) atoms. The Morgan fingerprint density at radius 1 is 1.11 bits per heavy atom. The number of rotatable bonds is 0. The largest absolute Gasteiger partial charge is 0.337 e. The van der Waals surface area contributed by atoms with Crippen LogP contribution in [0.1, 0.15) is 0 Å². The van der Waals surface area contributed by atoms with Crippen molar-refractivity contribution in [2.45, 2.75) is 34.2 Å². The SMILES string of the molecule is ClC(Cl)(Cl)[C@@H]1O[C@@H]2OC34COP(OC3)O[C@H]4[C@H]2O1. The Morgan fingerprint density at radius 3 is 2.50 bits per heavy atom. The van der Waals surface area contributed by atoms with Gasteiger partial charge in [0.15, 0.2) is 6.29 Å². The molecule has 2 bridgehead atoms. The summed E-state index contributed by atoms with van der Waals surface area (Å²) in [7, 11) is -1.32. The van der Waals surface area contributed by atoms with Crippen LogP contribution in [0, 0.1) is 0 Å². The van der Waals surface area contributed by atoms with E-state index in [-0.39, 0.29) is 6.10 Å². The molecule has 0 aromatic heterocycles. The van der Waals surface area contributed by atoms with E-state index in [1.165, 1.54) is 0 Å². The lowest BCUT2D eigenvalue weighted by Gasteiger charge is -2.45. The number of fused-ring (bicyclic) bond motifs is 3. The van der Waals surface area contributed by atoms with E-state index in [1.807, 2.05) is 0 Å². The van der Waals surface area contributed by atoms with Crippen LogP contribution in [0.25, 0.3) is 0 Å². The molecule has 0 amide bonds. The smallest absolute Gasteiger partial charge is 0.333 e. The van der Waals surface area contributed by atoms with Crippen LogP contribution in [0.2, 0.25) is 0 Å². The Labute approximate surface area is 119 Å². The third kappa shape index (κ3) is 1.76. The van der Waals surface area contributed by atoms with Gasteiger partial charge >= 0.3 is 8.60 Å². The molecule has 0 aliphatic carbocycles. The first-order valence-electron chi connectivity index (χ1n) is 5.26. The average molecular weight is 337 g/mol. The van der Waals surface area contributed by atoms with Gasteiger partial charge in [0.2, 0.25) is 10.1 Å². The van der Waals surface area contributed by atoms with Gasteiger partial charge in [-0.05, 0) is 0 Å². The van der Waals surface area contributed by atoms with Crippen LogP contribution in [0.3, 0.4) is 0 Å². The van der Waals surface area contributed by atoms with Crippen LogP contribution in [0.5, 0.6) is 0 Å². The summed E-state index contributed by atoms with van der Waals surface area (Å²) in [5.41, 5.74) is -0.676. The number of halogens is 3. The summed E-state index contributed by atoms with van der Waals surface area (Å²) < 4.78 is 31.5. The molecule has 1 spiro atoms. The lowest BCUT2D eigenvalue weighted by atomic mass is 9.97. The van der Waals surface area contributed by atoms with Crippen LogP contribution in [0.15, 0.2) is 0 Å². The van der Waals surface area contributed by atoms with Gasteiger partial charge in [0, 0.05) is 0 Å². The first kappa shape index (κ1) is 12.8. The number of hydrogen-bond donors (Lipinski definition) is 0. The van der Waals surface area contributed by atoms with Crippen LogP contribution in [0.4, 0.5) is 0 Å². The second-order valence-electron chi connectivity index (χ2n) is 4.46. The zero-order valence-electron chi connectivity index (χ0n) is 8.75. The van der Waals surface area contributed by atoms with E-state index in [0.29, 0.717) is 13.2 Å². The standard InChI is InChI=1S/C8H8Cl3O6P/c9-8(10,11)6-14-3-4-7(16-5(3)15-6)1-12-18(17-4)13-2-7/h3-6H,1-2H2/t3-,4+,5-,6+,7?,18?/m1/s1. The lowest BCUT2D eigenvalue weighted by Crippen LogP contribution is -2.57. The van der Waals surface area contributed by atoms with Gasteiger partial charge in [-0.15, -0.1) is 0 Å². The van der Waals surface area contributed by atoms with Gasteiger partial charge in [0.05, 0.1) is 13.2 Å². The summed E-state index contributed by atoms with van der Waals surface area (Å²) in [5, 5.41) is 0. The normalized spacial score (nSPS) is 54.5. The Morgan fingerprint density at radius 2 is 1.83 bits per heavy atom. The lowest BCUT2D eigenvalue weighted by molar-refractivity contribution is -0.242. The molecule has 5 heterocycles. The number of hydrogen-bond acceptors (Lipinski definition) is 6. The Balaban J connectivity index is 1.58. The monoisotopic (exact) mass is 336 g/mol. The number of ether oxygens (including phenoxy) is 3. The van der Waals surface area contributed by atoms with E-state index in [1.54, 1.807) is 0 Å². The molecule has 0 saturated carbocycles. The maximum Gasteiger partial charge on any atom is 0.333 e. The van der Waals surface area contributed by atoms with E-state index < -0.39 is 36.7 Å². The van der Waals surface area contributed by atoms with Crippen LogP contribution >= 0.6 is 43.4 Å². The highest BCUT2D eigenvalue weighted by Gasteiger charge is 2.68. The first-order chi connectivity index (χ1) is 8.48. The molecule has 0 N–H and O–H groups in total. The molecular weight excluding hydrogens is 329 g/mol. The van der Waals surface area contributed by atoms with Crippen molar-refractivity contribution in [3.8, 4) is 0 Å². The minimum Gasteiger partial charge on any atom is -0.337 e. The quantitative estimate of drug-likeness (QED) is 0.497. The molecule has 0 unspecified atom stereocenters. The molecular formula is C8H8Cl3O6P. The van der Waals surface area contributed by atoms with Gasteiger partial charge < -0.3 is 27.8 Å². The third-order valence-electron chi connectivity index (χ3n) is 3.27. The predicted octanol–water partition coefficient (Wildman–Crippen LogP) is 1.87. The van der Waals surface area contributed by atoms with Crippen molar-refractivity contribution in [2.24, 2.45) is 0 Å². The average Bonchev–Trinajstić information content (AvgIpc) is 2.83. The van der Waals surface area contributed by atoms with Gasteiger partial charge in [-0.3, -0.25) is 0 Å². The molecule has 0 radical (unpaired) electrons. The van der Waals surface area contributed by atoms with Crippen molar-refractivity contribution in [1.29, 1.82) is 0 Å². The highest BCUT2D eigenvalue weighted by molar-refractivity contribution is 7.41. The second-order valence-corrected chi connectivity index (χ2v) is 8.00. The van der Waals surface area contributed by atoms with E-state index in [4.69, 9.17) is 62.6 Å². The van der Waals surface area contributed by atoms with E-state index >= 15 is 0 Å². The zero-order chi connectivity index (χ0) is 12.5. The zero-order valence-corrected chi connectivity index (χ0v) is 11.9. The summed E-state index contributed by atoms with van der Waals surface area (Å²) in [4.78, 5) is 0. The Kier molecular flexibility index (Phi) is 2.87. The van der Waals surface area contributed by atoms with Crippen LogP contribution in [-0.4, -0.2) is 47.4 Å². The van der Waals surface area contributed by atoms with Crippen LogP contribution in [-0.2, 0) is 27.8 Å². The van der Waals surface area contributed by atoms with Crippen molar-refractivity contribution in [3.63, 3.8) is 0 Å². The van der Waals surface area contributed by atoms with Crippen molar-refractivity contribution in [3.05, 3.63) is 0 Å². The minimum absolute atomic E-state index is 0.312. The number of alkyl halides is 3. The molecule has 0 aromatic rings. The molecule has 5 saturated heterocycles. The van der Waals surface area contributed by atoms with Gasteiger partial charge in [-0.25, -0.2) is 0 Å². The maximum atomic E-state index is 5.80. The van der Waals surface area contributed by atoms with Gasteiger partial charge in [0.25, 0.3) is 0 Å². The van der Waals surface area contributed by atoms with Crippen molar-refractivity contribution < 1.29 is 27.8 Å². The fourth-order valence-electron chi connectivity index (χ4n) is 2.44. The summed E-state index contributed by atoms with van der Waals surface area (Å²) in [6.07, 6.45) is -2.33. The van der Waals surface area contributed by atoms with Gasteiger partial charge in [-0.2, -0.15) is 0 Å². The van der Waals surface area contributed by atoms with Crippen molar-refractivity contribution in [2.75, 3.05) is 13.2 Å². The Hall–Kier alpha value is 1.06. The van der Waals surface area contributed by atoms with Crippen LogP contribution < -0.4 is 0 Å². The molecule has 0 aromatic carbocycles. The summed E-state index contributed by atoms with van der Waals surface area (Å²) in [6.45, 7) is 0.809.